The van der Waals surface area contributed by atoms with E-state index in [1.807, 2.05) is 35.2 Å². The molecule has 0 saturated carbocycles. The molecule has 1 saturated heterocycles. The topological polar surface area (TPSA) is 46.6 Å². The molecule has 0 radical (unpaired) electrons. The number of rotatable bonds is 3. The second-order valence-electron chi connectivity index (χ2n) is 6.47. The first-order chi connectivity index (χ1) is 11.0. The minimum Gasteiger partial charge on any atom is -0.451 e. The van der Waals surface area contributed by atoms with Gasteiger partial charge in [0.25, 0.3) is 5.91 Å². The number of hydrogen-bond acceptors (Lipinski definition) is 4. The molecule has 0 unspecified atom stereocenters. The summed E-state index contributed by atoms with van der Waals surface area (Å²) in [5.74, 6) is 0.484. The Labute approximate surface area is 140 Å². The lowest BCUT2D eigenvalue weighted by Gasteiger charge is -2.34. The van der Waals surface area contributed by atoms with E-state index in [4.69, 9.17) is 4.74 Å². The third-order valence-electron chi connectivity index (χ3n) is 4.18. The van der Waals surface area contributed by atoms with E-state index in [1.165, 1.54) is 11.3 Å². The second kappa shape index (κ2) is 6.71. The molecule has 0 N–H and O–H groups in total. The largest absolute Gasteiger partial charge is 0.451 e. The van der Waals surface area contributed by atoms with Crippen LogP contribution in [0.2, 0.25) is 0 Å². The fourth-order valence-electron chi connectivity index (χ4n) is 3.24. The van der Waals surface area contributed by atoms with Crippen molar-refractivity contribution in [1.82, 2.24) is 4.90 Å². The molecular formula is C18H21NO3S. The molecule has 1 aliphatic rings. The molecule has 1 amide bonds. The summed E-state index contributed by atoms with van der Waals surface area (Å²) in [5.41, 5.74) is 0. The molecule has 2 heterocycles. The number of ether oxygens (including phenoxy) is 1. The first kappa shape index (κ1) is 16.0. The number of carbonyl (C=O) groups excluding carboxylic acids is 2. The Morgan fingerprint density at radius 1 is 1.22 bits per heavy atom. The fraction of sp³-hybridized carbons (Fsp3) is 0.444. The molecule has 3 rings (SSSR count). The Morgan fingerprint density at radius 3 is 2.61 bits per heavy atom. The smallest absolute Gasteiger partial charge is 0.348 e. The van der Waals surface area contributed by atoms with Crippen molar-refractivity contribution in [3.63, 3.8) is 0 Å². The van der Waals surface area contributed by atoms with Crippen LogP contribution in [0.5, 0.6) is 0 Å². The number of thiophene rings is 1. The number of amides is 1. The van der Waals surface area contributed by atoms with Crippen molar-refractivity contribution in [1.29, 1.82) is 0 Å². The number of likely N-dealkylation sites (tertiary alicyclic amines) is 1. The summed E-state index contributed by atoms with van der Waals surface area (Å²) in [6, 6.07) is 9.63. The quantitative estimate of drug-likeness (QED) is 0.808. The van der Waals surface area contributed by atoms with Crippen LogP contribution in [-0.2, 0) is 9.53 Å². The SMILES string of the molecule is C[C@@H]1C[C@H](C)CN(C(=O)COC(=O)c2cc3ccccc3s2)C1. The summed E-state index contributed by atoms with van der Waals surface area (Å²) in [4.78, 5) is 26.8. The van der Waals surface area contributed by atoms with Gasteiger partial charge in [0.15, 0.2) is 6.61 Å². The van der Waals surface area contributed by atoms with Gasteiger partial charge in [0.05, 0.1) is 0 Å². The van der Waals surface area contributed by atoms with Gasteiger partial charge in [-0.2, -0.15) is 0 Å². The van der Waals surface area contributed by atoms with Gasteiger partial charge in [-0.3, -0.25) is 4.79 Å². The molecule has 2 atom stereocenters. The van der Waals surface area contributed by atoms with Gasteiger partial charge < -0.3 is 9.64 Å². The number of piperidine rings is 1. The molecule has 0 bridgehead atoms. The summed E-state index contributed by atoms with van der Waals surface area (Å²) in [5, 5.41) is 1.02. The van der Waals surface area contributed by atoms with E-state index >= 15 is 0 Å². The van der Waals surface area contributed by atoms with Crippen LogP contribution in [-0.4, -0.2) is 36.5 Å². The number of hydrogen-bond donors (Lipinski definition) is 0. The fourth-order valence-corrected chi connectivity index (χ4v) is 4.20. The summed E-state index contributed by atoms with van der Waals surface area (Å²) in [7, 11) is 0. The second-order valence-corrected chi connectivity index (χ2v) is 7.55. The predicted octanol–water partition coefficient (Wildman–Crippen LogP) is 3.56. The average Bonchev–Trinajstić information content (AvgIpc) is 2.95. The van der Waals surface area contributed by atoms with Gasteiger partial charge in [-0.1, -0.05) is 32.0 Å². The van der Waals surface area contributed by atoms with Crippen molar-refractivity contribution in [2.24, 2.45) is 11.8 Å². The first-order valence-corrected chi connectivity index (χ1v) is 8.78. The van der Waals surface area contributed by atoms with Gasteiger partial charge in [0, 0.05) is 17.8 Å². The summed E-state index contributed by atoms with van der Waals surface area (Å²) in [6.07, 6.45) is 1.14. The number of benzene rings is 1. The Morgan fingerprint density at radius 2 is 1.91 bits per heavy atom. The lowest BCUT2D eigenvalue weighted by Crippen LogP contribution is -2.44. The zero-order valence-corrected chi connectivity index (χ0v) is 14.3. The van der Waals surface area contributed by atoms with Crippen molar-refractivity contribution < 1.29 is 14.3 Å². The Bertz CT molecular complexity index is 681. The van der Waals surface area contributed by atoms with Gasteiger partial charge >= 0.3 is 5.97 Å². The third-order valence-corrected chi connectivity index (χ3v) is 5.27. The molecular weight excluding hydrogens is 310 g/mol. The van der Waals surface area contributed by atoms with E-state index in [9.17, 15) is 9.59 Å². The molecule has 1 fully saturated rings. The molecule has 1 aliphatic heterocycles. The number of nitrogens with zero attached hydrogens (tertiary/aromatic N) is 1. The van der Waals surface area contributed by atoms with Gasteiger partial charge in [-0.05, 0) is 35.8 Å². The van der Waals surface area contributed by atoms with Crippen LogP contribution in [0, 0.1) is 11.8 Å². The van der Waals surface area contributed by atoms with Gasteiger partial charge in [0.2, 0.25) is 0 Å². The number of esters is 1. The highest BCUT2D eigenvalue weighted by Crippen LogP contribution is 2.26. The zero-order chi connectivity index (χ0) is 16.4. The van der Waals surface area contributed by atoms with E-state index in [2.05, 4.69) is 13.8 Å². The van der Waals surface area contributed by atoms with Crippen molar-refractivity contribution in [2.45, 2.75) is 20.3 Å². The molecule has 5 heteroatoms. The molecule has 23 heavy (non-hydrogen) atoms. The number of fused-ring (bicyclic) bond motifs is 1. The summed E-state index contributed by atoms with van der Waals surface area (Å²) in [6.45, 7) is 5.64. The van der Waals surface area contributed by atoms with Crippen LogP contribution in [0.4, 0.5) is 0 Å². The van der Waals surface area contributed by atoms with E-state index in [-0.39, 0.29) is 12.5 Å². The lowest BCUT2D eigenvalue weighted by molar-refractivity contribution is -0.137. The molecule has 1 aromatic carbocycles. The maximum atomic E-state index is 12.2. The van der Waals surface area contributed by atoms with Gasteiger partial charge in [-0.15, -0.1) is 11.3 Å². The maximum absolute atomic E-state index is 12.2. The average molecular weight is 331 g/mol. The number of carbonyl (C=O) groups is 2. The van der Waals surface area contributed by atoms with Crippen molar-refractivity contribution >= 4 is 33.3 Å². The maximum Gasteiger partial charge on any atom is 0.348 e. The van der Waals surface area contributed by atoms with E-state index < -0.39 is 5.97 Å². The molecule has 0 spiro atoms. The minimum atomic E-state index is -0.419. The van der Waals surface area contributed by atoms with Crippen LogP contribution in [0.3, 0.4) is 0 Å². The van der Waals surface area contributed by atoms with Crippen molar-refractivity contribution in [2.75, 3.05) is 19.7 Å². The highest BCUT2D eigenvalue weighted by molar-refractivity contribution is 7.20. The van der Waals surface area contributed by atoms with Crippen LogP contribution in [0.15, 0.2) is 30.3 Å². The van der Waals surface area contributed by atoms with Crippen molar-refractivity contribution in [3.05, 3.63) is 35.2 Å². The third kappa shape index (κ3) is 3.72. The zero-order valence-electron chi connectivity index (χ0n) is 13.5. The Hall–Kier alpha value is -1.88. The van der Waals surface area contributed by atoms with Crippen LogP contribution in [0.25, 0.3) is 10.1 Å². The molecule has 1 aromatic heterocycles. The first-order valence-electron chi connectivity index (χ1n) is 7.96. The molecule has 0 aliphatic carbocycles. The van der Waals surface area contributed by atoms with Crippen LogP contribution in [0.1, 0.15) is 29.9 Å². The molecule has 2 aromatic rings. The Balaban J connectivity index is 1.59. The van der Waals surface area contributed by atoms with E-state index in [0.717, 1.165) is 29.6 Å². The van der Waals surface area contributed by atoms with Gasteiger partial charge in [0.1, 0.15) is 4.88 Å². The predicted molar refractivity (Wildman–Crippen MR) is 91.6 cm³/mol. The Kier molecular flexibility index (Phi) is 4.66. The van der Waals surface area contributed by atoms with Crippen LogP contribution >= 0.6 is 11.3 Å². The molecule has 122 valence electrons. The van der Waals surface area contributed by atoms with E-state index in [1.54, 1.807) is 0 Å². The lowest BCUT2D eigenvalue weighted by atomic mass is 9.92. The monoisotopic (exact) mass is 331 g/mol. The minimum absolute atomic E-state index is 0.0992. The van der Waals surface area contributed by atoms with E-state index in [0.29, 0.717) is 16.7 Å². The van der Waals surface area contributed by atoms with Crippen LogP contribution < -0.4 is 0 Å². The summed E-state index contributed by atoms with van der Waals surface area (Å²) < 4.78 is 6.27. The highest BCUT2D eigenvalue weighted by Gasteiger charge is 2.26. The normalized spacial score (nSPS) is 21.4. The highest BCUT2D eigenvalue weighted by atomic mass is 32.1. The van der Waals surface area contributed by atoms with Gasteiger partial charge in [-0.25, -0.2) is 4.79 Å². The molecule has 4 nitrogen and oxygen atoms in total. The van der Waals surface area contributed by atoms with Crippen molar-refractivity contribution in [3.8, 4) is 0 Å². The summed E-state index contributed by atoms with van der Waals surface area (Å²) >= 11 is 1.39. The standard InChI is InChI=1S/C18H21NO3S/c1-12-7-13(2)10-19(9-12)17(20)11-22-18(21)16-8-14-5-3-4-6-15(14)23-16/h3-6,8,12-13H,7,9-11H2,1-2H3/t12-,13+.